The Kier molecular flexibility index (Phi) is 7.05. The van der Waals surface area contributed by atoms with Crippen molar-refractivity contribution in [1.82, 2.24) is 0 Å². The molecule has 0 saturated carbocycles. The molecule has 0 heterocycles. The minimum atomic E-state index is -0.318. The predicted molar refractivity (Wildman–Crippen MR) is 65.4 cm³/mol. The van der Waals surface area contributed by atoms with Crippen molar-refractivity contribution in [2.75, 3.05) is 13.7 Å². The van der Waals surface area contributed by atoms with Gasteiger partial charge in [0.25, 0.3) is 0 Å². The van der Waals surface area contributed by atoms with Crippen LogP contribution < -0.4 is 16.2 Å². The molecule has 0 aromatic heterocycles. The van der Waals surface area contributed by atoms with Gasteiger partial charge in [0, 0.05) is 17.7 Å². The van der Waals surface area contributed by atoms with E-state index in [-0.39, 0.29) is 24.3 Å². The molecule has 0 amide bonds. The molecule has 0 spiro atoms. The normalized spacial score (nSPS) is 11.8. The van der Waals surface area contributed by atoms with Crippen LogP contribution >= 0.6 is 12.4 Å². The maximum atomic E-state index is 12.9. The summed E-state index contributed by atoms with van der Waals surface area (Å²) in [5, 5.41) is 0. The third-order valence-corrected chi connectivity index (χ3v) is 2.31. The van der Waals surface area contributed by atoms with Gasteiger partial charge in [-0.05, 0) is 25.5 Å². The van der Waals surface area contributed by atoms with E-state index < -0.39 is 0 Å². The van der Waals surface area contributed by atoms with Crippen LogP contribution in [0.4, 0.5) is 4.39 Å². The highest BCUT2D eigenvalue weighted by atomic mass is 35.5. The van der Waals surface area contributed by atoms with Gasteiger partial charge in [0.05, 0.1) is 7.11 Å². The molecule has 1 rings (SSSR count). The lowest BCUT2D eigenvalue weighted by Crippen LogP contribution is -2.13. The van der Waals surface area contributed by atoms with E-state index in [1.54, 1.807) is 6.07 Å². The monoisotopic (exact) mass is 248 g/mol. The fraction of sp³-hybridized carbons (Fsp3) is 0.455. The number of nitrogens with two attached hydrogens (primary N) is 2. The van der Waals surface area contributed by atoms with Crippen LogP contribution in [0, 0.1) is 5.82 Å². The zero-order chi connectivity index (χ0) is 11.3. The number of ether oxygens (including phenoxy) is 1. The van der Waals surface area contributed by atoms with Crippen molar-refractivity contribution in [1.29, 1.82) is 0 Å². The van der Waals surface area contributed by atoms with Gasteiger partial charge in [0.15, 0.2) is 0 Å². The lowest BCUT2D eigenvalue weighted by molar-refractivity contribution is 0.400. The fourth-order valence-electron chi connectivity index (χ4n) is 1.48. The maximum Gasteiger partial charge on any atom is 0.126 e. The highest BCUT2D eigenvalue weighted by Crippen LogP contribution is 2.26. The van der Waals surface area contributed by atoms with Crippen LogP contribution in [0.25, 0.3) is 0 Å². The molecule has 0 aliphatic rings. The van der Waals surface area contributed by atoms with Crippen molar-refractivity contribution >= 4 is 12.4 Å². The molecule has 3 nitrogen and oxygen atoms in total. The first-order chi connectivity index (χ1) is 7.19. The number of halogens is 2. The average Bonchev–Trinajstić information content (AvgIpc) is 2.25. The summed E-state index contributed by atoms with van der Waals surface area (Å²) in [5.41, 5.74) is 12.2. The second-order valence-corrected chi connectivity index (χ2v) is 3.42. The molecule has 0 unspecified atom stereocenters. The highest BCUT2D eigenvalue weighted by Gasteiger charge is 2.11. The van der Waals surface area contributed by atoms with Gasteiger partial charge in [-0.2, -0.15) is 0 Å². The largest absolute Gasteiger partial charge is 0.496 e. The van der Waals surface area contributed by atoms with Gasteiger partial charge in [-0.15, -0.1) is 12.4 Å². The predicted octanol–water partition coefficient (Wildman–Crippen LogP) is 1.99. The lowest BCUT2D eigenvalue weighted by Gasteiger charge is -2.15. The second-order valence-electron chi connectivity index (χ2n) is 3.42. The van der Waals surface area contributed by atoms with E-state index in [0.29, 0.717) is 12.3 Å². The van der Waals surface area contributed by atoms with Crippen LogP contribution in [0.3, 0.4) is 0 Å². The lowest BCUT2D eigenvalue weighted by atomic mass is 10.0. The van der Waals surface area contributed by atoms with Gasteiger partial charge in [0.2, 0.25) is 0 Å². The molecular weight excluding hydrogens is 231 g/mol. The van der Waals surface area contributed by atoms with E-state index in [1.165, 1.54) is 19.2 Å². The van der Waals surface area contributed by atoms with Crippen LogP contribution in [-0.2, 0) is 0 Å². The van der Waals surface area contributed by atoms with Crippen LogP contribution in [-0.4, -0.2) is 13.7 Å². The molecule has 1 aromatic rings. The highest BCUT2D eigenvalue weighted by molar-refractivity contribution is 5.85. The molecule has 0 aliphatic heterocycles. The molecule has 0 fully saturated rings. The molecule has 0 bridgehead atoms. The van der Waals surface area contributed by atoms with E-state index in [0.717, 1.165) is 18.4 Å². The number of hydrogen-bond acceptors (Lipinski definition) is 3. The van der Waals surface area contributed by atoms with Crippen molar-refractivity contribution in [3.05, 3.63) is 29.6 Å². The second kappa shape index (κ2) is 7.44. The summed E-state index contributed by atoms with van der Waals surface area (Å²) in [4.78, 5) is 0. The van der Waals surface area contributed by atoms with E-state index in [4.69, 9.17) is 16.2 Å². The third-order valence-electron chi connectivity index (χ3n) is 2.31. The van der Waals surface area contributed by atoms with Crippen LogP contribution in [0.1, 0.15) is 24.4 Å². The Morgan fingerprint density at radius 1 is 1.44 bits per heavy atom. The summed E-state index contributed by atoms with van der Waals surface area (Å²) in [7, 11) is 1.51. The number of benzene rings is 1. The molecule has 1 aromatic carbocycles. The van der Waals surface area contributed by atoms with Crippen molar-refractivity contribution in [3.8, 4) is 5.75 Å². The smallest absolute Gasteiger partial charge is 0.126 e. The SMILES string of the molecule is COc1cc(F)ccc1[C@@H](N)CCCN.Cl. The summed E-state index contributed by atoms with van der Waals surface area (Å²) >= 11 is 0. The third kappa shape index (κ3) is 3.96. The summed E-state index contributed by atoms with van der Waals surface area (Å²) in [5.74, 6) is 0.182. The van der Waals surface area contributed by atoms with Crippen LogP contribution in [0.15, 0.2) is 18.2 Å². The molecule has 0 aliphatic carbocycles. The van der Waals surface area contributed by atoms with Crippen molar-refractivity contribution in [2.45, 2.75) is 18.9 Å². The van der Waals surface area contributed by atoms with Crippen molar-refractivity contribution in [3.63, 3.8) is 0 Å². The van der Waals surface area contributed by atoms with E-state index in [1.807, 2.05) is 0 Å². The Hall–Kier alpha value is -0.840. The molecule has 1 atom stereocenters. The van der Waals surface area contributed by atoms with Crippen molar-refractivity contribution < 1.29 is 9.13 Å². The molecule has 0 saturated heterocycles. The van der Waals surface area contributed by atoms with E-state index >= 15 is 0 Å². The van der Waals surface area contributed by atoms with Gasteiger partial charge >= 0.3 is 0 Å². The van der Waals surface area contributed by atoms with E-state index in [9.17, 15) is 4.39 Å². The van der Waals surface area contributed by atoms with Gasteiger partial charge in [0.1, 0.15) is 11.6 Å². The maximum absolute atomic E-state index is 12.9. The van der Waals surface area contributed by atoms with Gasteiger partial charge < -0.3 is 16.2 Å². The Morgan fingerprint density at radius 3 is 2.69 bits per heavy atom. The quantitative estimate of drug-likeness (QED) is 0.838. The van der Waals surface area contributed by atoms with Gasteiger partial charge in [-0.1, -0.05) is 6.07 Å². The topological polar surface area (TPSA) is 61.3 Å². The number of methoxy groups -OCH3 is 1. The summed E-state index contributed by atoms with van der Waals surface area (Å²) in [6.07, 6.45) is 1.63. The summed E-state index contributed by atoms with van der Waals surface area (Å²) < 4.78 is 18.0. The molecule has 0 radical (unpaired) electrons. The molecular formula is C11H18ClFN2O. The molecule has 4 N–H and O–H groups in total. The summed E-state index contributed by atoms with van der Waals surface area (Å²) in [6, 6.07) is 4.25. The van der Waals surface area contributed by atoms with Gasteiger partial charge in [-0.25, -0.2) is 4.39 Å². The Bertz CT molecular complexity index is 323. The Labute approximate surface area is 101 Å². The standard InChI is InChI=1S/C11H17FN2O.ClH/c1-15-11-7-8(12)4-5-9(11)10(14)3-2-6-13;/h4-5,7,10H,2-3,6,13-14H2,1H3;1H/t10-;/m0./s1. The van der Waals surface area contributed by atoms with Crippen molar-refractivity contribution in [2.24, 2.45) is 11.5 Å². The Balaban J connectivity index is 0.00000225. The molecule has 92 valence electrons. The van der Waals surface area contributed by atoms with E-state index in [2.05, 4.69) is 0 Å². The number of rotatable bonds is 5. The zero-order valence-electron chi connectivity index (χ0n) is 9.28. The first-order valence-electron chi connectivity index (χ1n) is 4.98. The summed E-state index contributed by atoms with van der Waals surface area (Å²) in [6.45, 7) is 0.608. The molecule has 16 heavy (non-hydrogen) atoms. The first-order valence-corrected chi connectivity index (χ1v) is 4.98. The van der Waals surface area contributed by atoms with Crippen LogP contribution in [0.2, 0.25) is 0 Å². The minimum absolute atomic E-state index is 0. The average molecular weight is 249 g/mol. The Morgan fingerprint density at radius 2 is 2.12 bits per heavy atom. The number of hydrogen-bond donors (Lipinski definition) is 2. The fourth-order valence-corrected chi connectivity index (χ4v) is 1.48. The first kappa shape index (κ1) is 15.2. The molecule has 5 heteroatoms. The minimum Gasteiger partial charge on any atom is -0.496 e. The zero-order valence-corrected chi connectivity index (χ0v) is 10.1. The van der Waals surface area contributed by atoms with Gasteiger partial charge in [-0.3, -0.25) is 0 Å². The van der Waals surface area contributed by atoms with Crippen LogP contribution in [0.5, 0.6) is 5.75 Å².